The molecule has 0 spiro atoms. The molecule has 0 saturated heterocycles. The first kappa shape index (κ1) is 13.5. The smallest absolute Gasteiger partial charge is 0.341 e. The zero-order valence-electron chi connectivity index (χ0n) is 10.4. The Bertz CT molecular complexity index is 764. The molecule has 0 aliphatic carbocycles. The van der Waals surface area contributed by atoms with Gasteiger partial charge in [-0.25, -0.2) is 4.79 Å². The summed E-state index contributed by atoms with van der Waals surface area (Å²) in [6.45, 7) is 1.62. The number of hydrogen-bond donors (Lipinski definition) is 1. The molecule has 0 saturated carbocycles. The van der Waals surface area contributed by atoms with Crippen molar-refractivity contribution < 1.29 is 14.8 Å². The van der Waals surface area contributed by atoms with Crippen LogP contribution in [-0.2, 0) is 0 Å². The summed E-state index contributed by atoms with van der Waals surface area (Å²) in [6.07, 6.45) is 0. The Morgan fingerprint density at radius 3 is 2.60 bits per heavy atom. The molecule has 7 heteroatoms. The summed E-state index contributed by atoms with van der Waals surface area (Å²) in [7, 11) is 0. The highest BCUT2D eigenvalue weighted by atomic mass is 16.6. The molecular formula is C13H10N2O5. The highest BCUT2D eigenvalue weighted by Gasteiger charge is 2.15. The first-order chi connectivity index (χ1) is 9.41. The molecule has 0 aliphatic rings. The quantitative estimate of drug-likeness (QED) is 0.678. The summed E-state index contributed by atoms with van der Waals surface area (Å²) in [5.41, 5.74) is -0.542. The van der Waals surface area contributed by atoms with Crippen LogP contribution in [0.15, 0.2) is 41.2 Å². The molecule has 0 atom stereocenters. The van der Waals surface area contributed by atoms with E-state index in [1.165, 1.54) is 36.4 Å². The van der Waals surface area contributed by atoms with E-state index in [4.69, 9.17) is 5.11 Å². The van der Waals surface area contributed by atoms with E-state index in [9.17, 15) is 19.7 Å². The minimum Gasteiger partial charge on any atom is -0.477 e. The number of nitrogens with zero attached hydrogens (tertiary/aromatic N) is 2. The maximum atomic E-state index is 12.1. The molecule has 1 heterocycles. The predicted molar refractivity (Wildman–Crippen MR) is 70.4 cm³/mol. The summed E-state index contributed by atoms with van der Waals surface area (Å²) in [6, 6.07) is 8.16. The molecule has 2 aromatic rings. The van der Waals surface area contributed by atoms with Crippen LogP contribution >= 0.6 is 0 Å². The van der Waals surface area contributed by atoms with E-state index in [2.05, 4.69) is 0 Å². The second kappa shape index (κ2) is 4.96. The largest absolute Gasteiger partial charge is 0.477 e. The van der Waals surface area contributed by atoms with Crippen LogP contribution in [0.5, 0.6) is 0 Å². The molecule has 102 valence electrons. The molecule has 1 N–H and O–H groups in total. The number of aryl methyl sites for hydroxylation is 1. The summed E-state index contributed by atoms with van der Waals surface area (Å²) in [4.78, 5) is 33.3. The molecule has 2 rings (SSSR count). The molecule has 1 aromatic carbocycles. The van der Waals surface area contributed by atoms with Crippen molar-refractivity contribution in [1.82, 2.24) is 4.57 Å². The van der Waals surface area contributed by atoms with Gasteiger partial charge in [-0.3, -0.25) is 19.5 Å². The van der Waals surface area contributed by atoms with Crippen molar-refractivity contribution >= 4 is 11.7 Å². The van der Waals surface area contributed by atoms with Crippen LogP contribution in [-0.4, -0.2) is 20.6 Å². The average molecular weight is 274 g/mol. The summed E-state index contributed by atoms with van der Waals surface area (Å²) in [5, 5.41) is 19.7. The molecule has 7 nitrogen and oxygen atoms in total. The van der Waals surface area contributed by atoms with Crippen LogP contribution in [0.4, 0.5) is 5.69 Å². The van der Waals surface area contributed by atoms with Crippen molar-refractivity contribution in [3.63, 3.8) is 0 Å². The van der Waals surface area contributed by atoms with Gasteiger partial charge in [-0.1, -0.05) is 6.07 Å². The third-order valence-corrected chi connectivity index (χ3v) is 2.81. The van der Waals surface area contributed by atoms with E-state index in [1.54, 1.807) is 6.92 Å². The summed E-state index contributed by atoms with van der Waals surface area (Å²) >= 11 is 0. The van der Waals surface area contributed by atoms with Gasteiger partial charge in [0.25, 0.3) is 11.2 Å². The van der Waals surface area contributed by atoms with Gasteiger partial charge in [-0.2, -0.15) is 0 Å². The van der Waals surface area contributed by atoms with Crippen molar-refractivity contribution in [2.45, 2.75) is 6.92 Å². The molecule has 0 fully saturated rings. The number of non-ortho nitro benzene ring substituents is 1. The van der Waals surface area contributed by atoms with Crippen LogP contribution in [0.3, 0.4) is 0 Å². The van der Waals surface area contributed by atoms with Crippen molar-refractivity contribution in [2.75, 3.05) is 0 Å². The van der Waals surface area contributed by atoms with Gasteiger partial charge in [-0.05, 0) is 25.1 Å². The van der Waals surface area contributed by atoms with Gasteiger partial charge in [-0.15, -0.1) is 0 Å². The third-order valence-electron chi connectivity index (χ3n) is 2.81. The topological polar surface area (TPSA) is 102 Å². The van der Waals surface area contributed by atoms with E-state index in [-0.39, 0.29) is 16.9 Å². The van der Waals surface area contributed by atoms with E-state index < -0.39 is 16.5 Å². The maximum Gasteiger partial charge on any atom is 0.341 e. The Kier molecular flexibility index (Phi) is 3.34. The minimum absolute atomic E-state index is 0.172. The number of carboxylic acids is 1. The molecule has 0 unspecified atom stereocenters. The van der Waals surface area contributed by atoms with Crippen LogP contribution in [0.1, 0.15) is 16.1 Å². The number of pyridine rings is 1. The number of aromatic nitrogens is 1. The number of rotatable bonds is 3. The maximum absolute atomic E-state index is 12.1. The Hall–Kier alpha value is -2.96. The van der Waals surface area contributed by atoms with Gasteiger partial charge in [0.05, 0.1) is 10.6 Å². The second-order valence-corrected chi connectivity index (χ2v) is 4.11. The summed E-state index contributed by atoms with van der Waals surface area (Å²) in [5.74, 6) is -1.34. The van der Waals surface area contributed by atoms with Crippen LogP contribution in [0.25, 0.3) is 5.69 Å². The van der Waals surface area contributed by atoms with Gasteiger partial charge in [0.15, 0.2) is 0 Å². The number of carbonyl (C=O) groups is 1. The molecule has 0 amide bonds. The van der Waals surface area contributed by atoms with Crippen LogP contribution < -0.4 is 5.56 Å². The fourth-order valence-electron chi connectivity index (χ4n) is 1.86. The van der Waals surface area contributed by atoms with Gasteiger partial charge < -0.3 is 5.11 Å². The van der Waals surface area contributed by atoms with E-state index in [1.807, 2.05) is 0 Å². The Labute approximate surface area is 112 Å². The van der Waals surface area contributed by atoms with E-state index in [0.717, 1.165) is 4.57 Å². The Morgan fingerprint density at radius 2 is 2.00 bits per heavy atom. The average Bonchev–Trinajstić information content (AvgIpc) is 2.38. The molecule has 20 heavy (non-hydrogen) atoms. The van der Waals surface area contributed by atoms with Crippen molar-refractivity contribution in [1.29, 1.82) is 0 Å². The van der Waals surface area contributed by atoms with Crippen LogP contribution in [0, 0.1) is 17.0 Å². The zero-order chi connectivity index (χ0) is 14.9. The molecule has 1 aromatic heterocycles. The van der Waals surface area contributed by atoms with E-state index in [0.29, 0.717) is 5.69 Å². The van der Waals surface area contributed by atoms with Crippen molar-refractivity contribution in [3.05, 3.63) is 68.1 Å². The molecule has 0 aliphatic heterocycles. The highest BCUT2D eigenvalue weighted by molar-refractivity contribution is 5.87. The normalized spacial score (nSPS) is 10.2. The lowest BCUT2D eigenvalue weighted by Crippen LogP contribution is -2.26. The monoisotopic (exact) mass is 274 g/mol. The standard InChI is InChI=1S/C13H10N2O5/c1-8-5-6-11(13(17)18)12(16)14(8)9-3-2-4-10(7-9)15(19)20/h2-7H,1H3,(H,17,18). The Morgan fingerprint density at radius 1 is 1.30 bits per heavy atom. The number of aromatic carboxylic acids is 1. The molecule has 0 radical (unpaired) electrons. The van der Waals surface area contributed by atoms with E-state index >= 15 is 0 Å². The molecular weight excluding hydrogens is 264 g/mol. The zero-order valence-corrected chi connectivity index (χ0v) is 10.4. The second-order valence-electron chi connectivity index (χ2n) is 4.11. The number of benzene rings is 1. The van der Waals surface area contributed by atoms with Gasteiger partial charge >= 0.3 is 5.97 Å². The number of hydrogen-bond acceptors (Lipinski definition) is 4. The fourth-order valence-corrected chi connectivity index (χ4v) is 1.86. The minimum atomic E-state index is -1.34. The lowest BCUT2D eigenvalue weighted by Gasteiger charge is -2.10. The SMILES string of the molecule is Cc1ccc(C(=O)O)c(=O)n1-c1cccc([N+](=O)[O-])c1. The summed E-state index contributed by atoms with van der Waals surface area (Å²) < 4.78 is 1.14. The first-order valence-electron chi connectivity index (χ1n) is 5.62. The van der Waals surface area contributed by atoms with Gasteiger partial charge in [0, 0.05) is 17.8 Å². The number of carboxylic acid groups (broad SMARTS) is 1. The first-order valence-corrected chi connectivity index (χ1v) is 5.62. The Balaban J connectivity index is 2.72. The fraction of sp³-hybridized carbons (Fsp3) is 0.0769. The molecule has 0 bridgehead atoms. The lowest BCUT2D eigenvalue weighted by atomic mass is 10.2. The van der Waals surface area contributed by atoms with Crippen molar-refractivity contribution in [3.8, 4) is 5.69 Å². The highest BCUT2D eigenvalue weighted by Crippen LogP contribution is 2.17. The van der Waals surface area contributed by atoms with Crippen LogP contribution in [0.2, 0.25) is 0 Å². The third kappa shape index (κ3) is 2.28. The van der Waals surface area contributed by atoms with Gasteiger partial charge in [0.1, 0.15) is 5.56 Å². The number of nitro groups is 1. The predicted octanol–water partition coefficient (Wildman–Crippen LogP) is 1.75. The van der Waals surface area contributed by atoms with Crippen molar-refractivity contribution in [2.24, 2.45) is 0 Å². The lowest BCUT2D eigenvalue weighted by molar-refractivity contribution is -0.384. The number of nitro benzene ring substituents is 1. The van der Waals surface area contributed by atoms with Gasteiger partial charge in [0.2, 0.25) is 0 Å².